The van der Waals surface area contributed by atoms with Crippen LogP contribution in [-0.2, 0) is 22.6 Å². The zero-order chi connectivity index (χ0) is 18.9. The van der Waals surface area contributed by atoms with E-state index in [1.807, 2.05) is 75.4 Å². The van der Waals surface area contributed by atoms with Crippen molar-refractivity contribution in [1.29, 1.82) is 0 Å². The predicted octanol–water partition coefficient (Wildman–Crippen LogP) is 3.48. The molecule has 0 aliphatic carbocycles. The third-order valence-corrected chi connectivity index (χ3v) is 4.37. The average Bonchev–Trinajstić information content (AvgIpc) is 2.62. The number of likely N-dealkylation sites (N-methyl/N-ethyl adjacent to an activating group) is 1. The molecule has 0 aliphatic heterocycles. The molecule has 26 heavy (non-hydrogen) atoms. The van der Waals surface area contributed by atoms with Crippen molar-refractivity contribution in [3.63, 3.8) is 0 Å². The van der Waals surface area contributed by atoms with Crippen molar-refractivity contribution in [3.05, 3.63) is 71.3 Å². The Morgan fingerprint density at radius 3 is 2.31 bits per heavy atom. The van der Waals surface area contributed by atoms with Crippen LogP contribution in [0.5, 0.6) is 0 Å². The Bertz CT molecular complexity index is 728. The Hall–Kier alpha value is -2.62. The zero-order valence-electron chi connectivity index (χ0n) is 15.9. The van der Waals surface area contributed by atoms with E-state index in [0.29, 0.717) is 25.9 Å². The molecular formula is C22H28N2O2. The summed E-state index contributed by atoms with van der Waals surface area (Å²) in [6.07, 6.45) is 0.878. The molecule has 2 amide bonds. The van der Waals surface area contributed by atoms with Gasteiger partial charge in [0.05, 0.1) is 6.42 Å². The van der Waals surface area contributed by atoms with Crippen LogP contribution < -0.4 is 5.32 Å². The van der Waals surface area contributed by atoms with Crippen LogP contribution in [0.1, 0.15) is 37.0 Å². The quantitative estimate of drug-likeness (QED) is 0.791. The lowest BCUT2D eigenvalue weighted by atomic mass is 10.1. The lowest BCUT2D eigenvalue weighted by Gasteiger charge is -2.30. The topological polar surface area (TPSA) is 49.4 Å². The second kappa shape index (κ2) is 9.76. The van der Waals surface area contributed by atoms with E-state index in [-0.39, 0.29) is 11.8 Å². The summed E-state index contributed by atoms with van der Waals surface area (Å²) >= 11 is 0. The van der Waals surface area contributed by atoms with E-state index >= 15 is 0 Å². The largest absolute Gasteiger partial charge is 0.355 e. The van der Waals surface area contributed by atoms with Crippen LogP contribution in [0.4, 0.5) is 0 Å². The molecule has 138 valence electrons. The minimum Gasteiger partial charge on any atom is -0.355 e. The van der Waals surface area contributed by atoms with Crippen molar-refractivity contribution >= 4 is 11.8 Å². The molecule has 0 radical (unpaired) electrons. The van der Waals surface area contributed by atoms with Gasteiger partial charge in [0.1, 0.15) is 6.04 Å². The van der Waals surface area contributed by atoms with Crippen molar-refractivity contribution in [3.8, 4) is 0 Å². The summed E-state index contributed by atoms with van der Waals surface area (Å²) in [6, 6.07) is 17.3. The van der Waals surface area contributed by atoms with Crippen molar-refractivity contribution in [1.82, 2.24) is 10.2 Å². The molecule has 1 atom stereocenters. The molecule has 1 unspecified atom stereocenters. The Labute approximate surface area is 156 Å². The van der Waals surface area contributed by atoms with E-state index in [0.717, 1.165) is 16.7 Å². The van der Waals surface area contributed by atoms with Gasteiger partial charge in [-0.1, -0.05) is 67.1 Å². The summed E-state index contributed by atoms with van der Waals surface area (Å²) in [5.41, 5.74) is 3.12. The SMILES string of the molecule is CCNC(=O)C(CC)N(Cc1ccccc1)C(=O)Cc1cccc(C)c1. The summed E-state index contributed by atoms with van der Waals surface area (Å²) in [5, 5.41) is 2.86. The molecule has 4 nitrogen and oxygen atoms in total. The standard InChI is InChI=1S/C22H28N2O2/c1-4-20(22(26)23-5-2)24(16-18-11-7-6-8-12-18)21(25)15-19-13-9-10-17(3)14-19/h6-14,20H,4-5,15-16H2,1-3H3,(H,23,26). The number of carbonyl (C=O) groups excluding carboxylic acids is 2. The highest BCUT2D eigenvalue weighted by molar-refractivity contribution is 5.88. The first kappa shape index (κ1) is 19.7. The normalized spacial score (nSPS) is 11.7. The molecule has 1 N–H and O–H groups in total. The molecule has 0 bridgehead atoms. The van der Waals surface area contributed by atoms with Crippen molar-refractivity contribution in [2.75, 3.05) is 6.54 Å². The first-order chi connectivity index (χ1) is 12.5. The lowest BCUT2D eigenvalue weighted by Crippen LogP contribution is -2.49. The van der Waals surface area contributed by atoms with Gasteiger partial charge >= 0.3 is 0 Å². The van der Waals surface area contributed by atoms with Gasteiger partial charge in [-0.2, -0.15) is 0 Å². The highest BCUT2D eigenvalue weighted by Crippen LogP contribution is 2.15. The number of nitrogens with zero attached hydrogens (tertiary/aromatic N) is 1. The number of benzene rings is 2. The second-order valence-corrected chi connectivity index (χ2v) is 6.49. The third-order valence-electron chi connectivity index (χ3n) is 4.37. The maximum atomic E-state index is 13.1. The molecule has 0 heterocycles. The minimum absolute atomic E-state index is 0.0300. The van der Waals surface area contributed by atoms with E-state index in [9.17, 15) is 9.59 Å². The van der Waals surface area contributed by atoms with Gasteiger partial charge in [0, 0.05) is 13.1 Å². The molecule has 2 aromatic rings. The van der Waals surface area contributed by atoms with Crippen molar-refractivity contribution < 1.29 is 9.59 Å². The molecular weight excluding hydrogens is 324 g/mol. The smallest absolute Gasteiger partial charge is 0.242 e. The van der Waals surface area contributed by atoms with Crippen LogP contribution in [0.15, 0.2) is 54.6 Å². The summed E-state index contributed by atoms with van der Waals surface area (Å²) in [5.74, 6) is -0.124. The van der Waals surface area contributed by atoms with Gasteiger partial charge in [-0.15, -0.1) is 0 Å². The Morgan fingerprint density at radius 1 is 1.00 bits per heavy atom. The van der Waals surface area contributed by atoms with Crippen LogP contribution in [0.25, 0.3) is 0 Å². The first-order valence-corrected chi connectivity index (χ1v) is 9.21. The van der Waals surface area contributed by atoms with Crippen LogP contribution >= 0.6 is 0 Å². The van der Waals surface area contributed by atoms with Crippen molar-refractivity contribution in [2.24, 2.45) is 0 Å². The maximum absolute atomic E-state index is 13.1. The predicted molar refractivity (Wildman–Crippen MR) is 105 cm³/mol. The highest BCUT2D eigenvalue weighted by atomic mass is 16.2. The number of hydrogen-bond donors (Lipinski definition) is 1. The van der Waals surface area contributed by atoms with Gasteiger partial charge in [-0.25, -0.2) is 0 Å². The van der Waals surface area contributed by atoms with Crippen molar-refractivity contribution in [2.45, 2.75) is 46.2 Å². The number of nitrogens with one attached hydrogen (secondary N) is 1. The second-order valence-electron chi connectivity index (χ2n) is 6.49. The molecule has 0 spiro atoms. The monoisotopic (exact) mass is 352 g/mol. The Balaban J connectivity index is 2.25. The molecule has 2 aromatic carbocycles. The van der Waals surface area contributed by atoms with E-state index < -0.39 is 6.04 Å². The van der Waals surface area contributed by atoms with Gasteiger partial charge in [-0.3, -0.25) is 9.59 Å². The fourth-order valence-electron chi connectivity index (χ4n) is 3.09. The van der Waals surface area contributed by atoms with E-state index in [1.165, 1.54) is 0 Å². The highest BCUT2D eigenvalue weighted by Gasteiger charge is 2.28. The first-order valence-electron chi connectivity index (χ1n) is 9.21. The van der Waals surface area contributed by atoms with E-state index in [4.69, 9.17) is 0 Å². The van der Waals surface area contributed by atoms with Gasteiger partial charge in [-0.05, 0) is 31.4 Å². The summed E-state index contributed by atoms with van der Waals surface area (Å²) in [6.45, 7) is 6.83. The fraction of sp³-hybridized carbons (Fsp3) is 0.364. The molecule has 0 saturated heterocycles. The number of rotatable bonds is 8. The van der Waals surface area contributed by atoms with Gasteiger partial charge in [0.15, 0.2) is 0 Å². The summed E-state index contributed by atoms with van der Waals surface area (Å²) in [4.78, 5) is 27.3. The van der Waals surface area contributed by atoms with Gasteiger partial charge in [0.25, 0.3) is 0 Å². The Morgan fingerprint density at radius 2 is 1.69 bits per heavy atom. The zero-order valence-corrected chi connectivity index (χ0v) is 15.9. The average molecular weight is 352 g/mol. The summed E-state index contributed by atoms with van der Waals surface area (Å²) in [7, 11) is 0. The maximum Gasteiger partial charge on any atom is 0.242 e. The third kappa shape index (κ3) is 5.45. The number of amides is 2. The van der Waals surface area contributed by atoms with E-state index in [1.54, 1.807) is 4.90 Å². The molecule has 0 aliphatic rings. The molecule has 4 heteroatoms. The summed E-state index contributed by atoms with van der Waals surface area (Å²) < 4.78 is 0. The molecule has 0 aromatic heterocycles. The Kier molecular flexibility index (Phi) is 7.39. The fourth-order valence-corrected chi connectivity index (χ4v) is 3.09. The molecule has 2 rings (SSSR count). The number of aryl methyl sites for hydroxylation is 1. The molecule has 0 fully saturated rings. The lowest BCUT2D eigenvalue weighted by molar-refractivity contribution is -0.140. The van der Waals surface area contributed by atoms with Crippen LogP contribution in [0.3, 0.4) is 0 Å². The van der Waals surface area contributed by atoms with Gasteiger partial charge < -0.3 is 10.2 Å². The van der Waals surface area contributed by atoms with Crippen LogP contribution in [0, 0.1) is 6.92 Å². The van der Waals surface area contributed by atoms with Crippen LogP contribution in [-0.4, -0.2) is 29.3 Å². The van der Waals surface area contributed by atoms with Crippen LogP contribution in [0.2, 0.25) is 0 Å². The molecule has 0 saturated carbocycles. The number of carbonyl (C=O) groups is 2. The van der Waals surface area contributed by atoms with E-state index in [2.05, 4.69) is 5.32 Å². The van der Waals surface area contributed by atoms with Gasteiger partial charge in [0.2, 0.25) is 11.8 Å². The number of hydrogen-bond acceptors (Lipinski definition) is 2. The minimum atomic E-state index is -0.465.